The second kappa shape index (κ2) is 7.32. The van der Waals surface area contributed by atoms with E-state index in [-0.39, 0.29) is 13.1 Å². The Bertz CT molecular complexity index is 656. The summed E-state index contributed by atoms with van der Waals surface area (Å²) in [7, 11) is 1.56. The molecule has 25 heavy (non-hydrogen) atoms. The molecule has 1 fully saturated rings. The van der Waals surface area contributed by atoms with Gasteiger partial charge in [0.15, 0.2) is 0 Å². The number of β-amino-alcohol motifs (C(OH)–C–C–N with tert-alkyl or cyclic N) is 1. The lowest BCUT2D eigenvalue weighted by atomic mass is 10.1. The van der Waals surface area contributed by atoms with Gasteiger partial charge in [-0.15, -0.1) is 0 Å². The van der Waals surface area contributed by atoms with Crippen molar-refractivity contribution in [2.75, 3.05) is 20.2 Å². The summed E-state index contributed by atoms with van der Waals surface area (Å²) in [5, 5.41) is 10.6. The number of nitrogens with zero attached hydrogens (tertiary/aromatic N) is 2. The summed E-state index contributed by atoms with van der Waals surface area (Å²) in [6.45, 7) is 12.9. The van der Waals surface area contributed by atoms with Crippen LogP contribution in [0.15, 0.2) is 24.3 Å². The van der Waals surface area contributed by atoms with Crippen LogP contribution >= 0.6 is 0 Å². The third kappa shape index (κ3) is 4.86. The van der Waals surface area contributed by atoms with E-state index in [0.717, 1.165) is 12.8 Å². The molecule has 1 aromatic rings. The Balaban J connectivity index is 2.21. The van der Waals surface area contributed by atoms with Gasteiger partial charge in [0.1, 0.15) is 16.9 Å². The highest BCUT2D eigenvalue weighted by Gasteiger charge is 2.54. The van der Waals surface area contributed by atoms with Crippen LogP contribution in [0, 0.1) is 6.57 Å². The second-order valence-corrected chi connectivity index (χ2v) is 7.42. The van der Waals surface area contributed by atoms with E-state index in [0.29, 0.717) is 11.3 Å². The van der Waals surface area contributed by atoms with Gasteiger partial charge in [-0.2, -0.15) is 0 Å². The lowest BCUT2D eigenvalue weighted by molar-refractivity contribution is 0.00165. The van der Waals surface area contributed by atoms with Crippen molar-refractivity contribution in [3.05, 3.63) is 41.2 Å². The van der Waals surface area contributed by atoms with E-state index < -0.39 is 23.3 Å². The summed E-state index contributed by atoms with van der Waals surface area (Å²) < 4.78 is 10.7. The molecule has 1 N–H and O–H groups in total. The molecule has 0 aromatic heterocycles. The summed E-state index contributed by atoms with van der Waals surface area (Å²) in [6.07, 6.45) is 0.125. The van der Waals surface area contributed by atoms with Gasteiger partial charge in [0, 0.05) is 0 Å². The van der Waals surface area contributed by atoms with E-state index in [9.17, 15) is 9.90 Å². The number of benzene rings is 1. The Kier molecular flexibility index (Phi) is 5.58. The van der Waals surface area contributed by atoms with Gasteiger partial charge in [-0.25, -0.2) is 11.4 Å². The minimum atomic E-state index is -0.883. The minimum Gasteiger partial charge on any atom is -0.497 e. The molecule has 2 rings (SSSR count). The van der Waals surface area contributed by atoms with Crippen LogP contribution in [-0.2, 0) is 4.74 Å². The molecule has 136 valence electrons. The molecule has 6 heteroatoms. The van der Waals surface area contributed by atoms with Crippen LogP contribution < -0.4 is 4.74 Å². The van der Waals surface area contributed by atoms with E-state index >= 15 is 0 Å². The van der Waals surface area contributed by atoms with Crippen molar-refractivity contribution in [1.82, 2.24) is 4.90 Å². The molecule has 0 spiro atoms. The topological polar surface area (TPSA) is 63.4 Å². The number of hydrogen-bond donors (Lipinski definition) is 1. The van der Waals surface area contributed by atoms with Gasteiger partial charge in [0.05, 0.1) is 19.8 Å². The van der Waals surface area contributed by atoms with Crippen LogP contribution in [0.3, 0.4) is 0 Å². The highest BCUT2D eigenvalue weighted by molar-refractivity contribution is 5.70. The second-order valence-electron chi connectivity index (χ2n) is 7.42. The van der Waals surface area contributed by atoms with E-state index in [2.05, 4.69) is 4.85 Å². The van der Waals surface area contributed by atoms with Crippen molar-refractivity contribution >= 4 is 6.09 Å². The quantitative estimate of drug-likeness (QED) is 0.802. The molecule has 0 bridgehead atoms. The maximum Gasteiger partial charge on any atom is 0.411 e. The van der Waals surface area contributed by atoms with Crippen LogP contribution in [0.25, 0.3) is 4.85 Å². The first-order chi connectivity index (χ1) is 11.7. The monoisotopic (exact) mass is 346 g/mol. The maximum absolute atomic E-state index is 12.7. The largest absolute Gasteiger partial charge is 0.497 e. The molecule has 1 aliphatic rings. The van der Waals surface area contributed by atoms with E-state index in [1.807, 2.05) is 0 Å². The van der Waals surface area contributed by atoms with Crippen molar-refractivity contribution in [3.8, 4) is 5.75 Å². The number of carbonyl (C=O) groups excluding carboxylic acids is 1. The normalized spacial score (nSPS) is 16.5. The molecule has 1 atom stereocenters. The molecule has 1 saturated carbocycles. The molecule has 0 aliphatic heterocycles. The predicted molar refractivity (Wildman–Crippen MR) is 94.3 cm³/mol. The highest BCUT2D eigenvalue weighted by atomic mass is 16.6. The lowest BCUT2D eigenvalue weighted by Gasteiger charge is -2.33. The average molecular weight is 346 g/mol. The van der Waals surface area contributed by atoms with Crippen LogP contribution in [0.4, 0.5) is 4.79 Å². The van der Waals surface area contributed by atoms with Crippen LogP contribution in [-0.4, -0.2) is 47.4 Å². The van der Waals surface area contributed by atoms with E-state index in [1.54, 1.807) is 52.1 Å². The molecule has 0 radical (unpaired) electrons. The molecule has 0 saturated heterocycles. The fourth-order valence-electron chi connectivity index (χ4n) is 2.71. The first kappa shape index (κ1) is 19.1. The Morgan fingerprint density at radius 1 is 1.44 bits per heavy atom. The van der Waals surface area contributed by atoms with Gasteiger partial charge in [-0.1, -0.05) is 12.1 Å². The third-order valence-electron chi connectivity index (χ3n) is 4.22. The molecular formula is C19H26N2O4. The Hall–Kier alpha value is -2.26. The summed E-state index contributed by atoms with van der Waals surface area (Å²) in [5.41, 5.74) is -0.500. The number of amides is 1. The number of aliphatic hydroxyl groups excluding tert-OH is 1. The predicted octanol–water partition coefficient (Wildman–Crippen LogP) is 3.42. The third-order valence-corrected chi connectivity index (χ3v) is 4.22. The van der Waals surface area contributed by atoms with Crippen LogP contribution in [0.2, 0.25) is 0 Å². The summed E-state index contributed by atoms with van der Waals surface area (Å²) >= 11 is 0. The zero-order chi connectivity index (χ0) is 18.7. The summed E-state index contributed by atoms with van der Waals surface area (Å²) in [4.78, 5) is 17.7. The molecule has 1 aromatic carbocycles. The zero-order valence-electron chi connectivity index (χ0n) is 15.3. The van der Waals surface area contributed by atoms with Crippen molar-refractivity contribution in [2.45, 2.75) is 50.9 Å². The first-order valence-corrected chi connectivity index (χ1v) is 8.37. The molecule has 1 unspecified atom stereocenters. The molecule has 1 amide bonds. The fourth-order valence-corrected chi connectivity index (χ4v) is 2.71. The SMILES string of the molecule is [C-]#[N+]CC1(N(CC(O)c2cccc(OC)c2)C(=O)OC(C)(C)C)CC1. The summed E-state index contributed by atoms with van der Waals surface area (Å²) in [5.74, 6) is 0.641. The van der Waals surface area contributed by atoms with E-state index in [1.165, 1.54) is 4.90 Å². The number of ether oxygens (including phenoxy) is 2. The number of rotatable bonds is 6. The zero-order valence-corrected chi connectivity index (χ0v) is 15.3. The van der Waals surface area contributed by atoms with Crippen molar-refractivity contribution in [2.24, 2.45) is 0 Å². The molecule has 1 aliphatic carbocycles. The van der Waals surface area contributed by atoms with Crippen molar-refractivity contribution in [3.63, 3.8) is 0 Å². The highest BCUT2D eigenvalue weighted by Crippen LogP contribution is 2.43. The molecule has 6 nitrogen and oxygen atoms in total. The number of carbonyl (C=O) groups is 1. The smallest absolute Gasteiger partial charge is 0.411 e. The van der Waals surface area contributed by atoms with Gasteiger partial charge in [-0.3, -0.25) is 4.90 Å². The van der Waals surface area contributed by atoms with Crippen molar-refractivity contribution < 1.29 is 19.4 Å². The van der Waals surface area contributed by atoms with Gasteiger partial charge in [0.2, 0.25) is 6.54 Å². The summed E-state index contributed by atoms with van der Waals surface area (Å²) in [6, 6.07) is 7.12. The number of aliphatic hydroxyl groups is 1. The first-order valence-electron chi connectivity index (χ1n) is 8.37. The van der Waals surface area contributed by atoms with Gasteiger partial charge in [-0.05, 0) is 51.3 Å². The fraction of sp³-hybridized carbons (Fsp3) is 0.579. The Labute approximate surface area is 149 Å². The van der Waals surface area contributed by atoms with E-state index in [4.69, 9.17) is 16.0 Å². The van der Waals surface area contributed by atoms with Gasteiger partial charge >= 0.3 is 6.09 Å². The van der Waals surface area contributed by atoms with Gasteiger partial charge in [0.25, 0.3) is 0 Å². The minimum absolute atomic E-state index is 0.0810. The molecular weight excluding hydrogens is 320 g/mol. The number of hydrogen-bond acceptors (Lipinski definition) is 4. The molecule has 0 heterocycles. The van der Waals surface area contributed by atoms with Crippen LogP contribution in [0.1, 0.15) is 45.3 Å². The Morgan fingerprint density at radius 3 is 2.64 bits per heavy atom. The Morgan fingerprint density at radius 2 is 2.12 bits per heavy atom. The average Bonchev–Trinajstić information content (AvgIpc) is 3.31. The van der Waals surface area contributed by atoms with Gasteiger partial charge < -0.3 is 19.4 Å². The standard InChI is InChI=1S/C19H26N2O4/c1-18(2,3)25-17(23)21(19(9-10-19)13-20-4)12-16(22)14-7-6-8-15(11-14)24-5/h6-8,11,16,22H,9-10,12-13H2,1-3,5H3. The lowest BCUT2D eigenvalue weighted by Crippen LogP contribution is -2.48. The van der Waals surface area contributed by atoms with Crippen molar-refractivity contribution in [1.29, 1.82) is 0 Å². The number of methoxy groups -OCH3 is 1. The maximum atomic E-state index is 12.7. The van der Waals surface area contributed by atoms with Crippen LogP contribution in [0.5, 0.6) is 5.75 Å².